The number of benzene rings is 1. The number of nitrogens with one attached hydrogen (secondary N) is 2. The largest absolute Gasteiger partial charge is 0.381 e. The maximum Gasteiger partial charge on any atom is 0.191 e. The van der Waals surface area contributed by atoms with Crippen LogP contribution in [0.5, 0.6) is 0 Å². The summed E-state index contributed by atoms with van der Waals surface area (Å²) in [6.07, 6.45) is 2.92. The van der Waals surface area contributed by atoms with E-state index >= 15 is 0 Å². The van der Waals surface area contributed by atoms with Gasteiger partial charge in [-0.25, -0.2) is 8.42 Å². The van der Waals surface area contributed by atoms with Gasteiger partial charge in [-0.2, -0.15) is 0 Å². The summed E-state index contributed by atoms with van der Waals surface area (Å²) < 4.78 is 34.5. The first-order chi connectivity index (χ1) is 12.3. The first kappa shape index (κ1) is 20.7. The highest BCUT2D eigenvalue weighted by atomic mass is 32.2. The Morgan fingerprint density at radius 1 is 1.31 bits per heavy atom. The molecule has 0 aliphatic carbocycles. The van der Waals surface area contributed by atoms with Gasteiger partial charge < -0.3 is 20.1 Å². The average molecular weight is 384 g/mol. The van der Waals surface area contributed by atoms with Crippen molar-refractivity contribution in [1.82, 2.24) is 10.6 Å². The van der Waals surface area contributed by atoms with Gasteiger partial charge in [0.2, 0.25) is 0 Å². The molecule has 1 fully saturated rings. The number of methoxy groups -OCH3 is 1. The second kappa shape index (κ2) is 8.83. The smallest absolute Gasteiger partial charge is 0.191 e. The summed E-state index contributed by atoms with van der Waals surface area (Å²) >= 11 is 0. The molecule has 7 nitrogen and oxygen atoms in total. The second-order valence-corrected chi connectivity index (χ2v) is 8.64. The summed E-state index contributed by atoms with van der Waals surface area (Å²) in [5.74, 6) is 0.678. The number of nitrogens with zero attached hydrogens (tertiary/aromatic N) is 1. The number of rotatable bonds is 6. The van der Waals surface area contributed by atoms with Crippen molar-refractivity contribution in [3.8, 4) is 0 Å². The van der Waals surface area contributed by atoms with Gasteiger partial charge in [0.25, 0.3) is 0 Å². The van der Waals surface area contributed by atoms with E-state index in [4.69, 9.17) is 9.47 Å². The van der Waals surface area contributed by atoms with E-state index in [-0.39, 0.29) is 5.60 Å². The van der Waals surface area contributed by atoms with E-state index < -0.39 is 9.84 Å². The molecule has 26 heavy (non-hydrogen) atoms. The Hall–Kier alpha value is -1.64. The van der Waals surface area contributed by atoms with Gasteiger partial charge in [0.05, 0.1) is 10.5 Å². The van der Waals surface area contributed by atoms with Crippen LogP contribution in [-0.4, -0.2) is 60.2 Å². The molecule has 0 atom stereocenters. The molecular formula is C18H29N3O4S. The van der Waals surface area contributed by atoms with E-state index in [9.17, 15) is 8.42 Å². The lowest BCUT2D eigenvalue weighted by atomic mass is 9.94. The topological polar surface area (TPSA) is 89.0 Å². The van der Waals surface area contributed by atoms with E-state index in [0.717, 1.165) is 24.0 Å². The third kappa shape index (κ3) is 5.43. The monoisotopic (exact) mass is 383 g/mol. The molecule has 0 radical (unpaired) electrons. The number of hydrogen-bond acceptors (Lipinski definition) is 5. The number of sulfone groups is 1. The Morgan fingerprint density at radius 2 is 2.00 bits per heavy atom. The fourth-order valence-electron chi connectivity index (χ4n) is 3.09. The van der Waals surface area contributed by atoms with Crippen LogP contribution in [0.1, 0.15) is 24.0 Å². The standard InChI is InChI=1S/C18H29N3O4S/c1-14-11-15(5-6-16(14)26(4,22)23)12-20-17(19-2)21-13-18(24-3)7-9-25-10-8-18/h5-6,11H,7-10,12-13H2,1-4H3,(H2,19,20,21). The molecule has 2 N–H and O–H groups in total. The van der Waals surface area contributed by atoms with Crippen LogP contribution in [0.4, 0.5) is 0 Å². The summed E-state index contributed by atoms with van der Waals surface area (Å²) in [6.45, 7) is 4.41. The van der Waals surface area contributed by atoms with Crippen LogP contribution in [0, 0.1) is 6.92 Å². The van der Waals surface area contributed by atoms with Crippen LogP contribution in [0.2, 0.25) is 0 Å². The van der Waals surface area contributed by atoms with E-state index in [2.05, 4.69) is 15.6 Å². The SMILES string of the molecule is CN=C(NCc1ccc(S(C)(=O)=O)c(C)c1)NCC1(OC)CCOCC1. The molecule has 0 spiro atoms. The molecule has 0 aromatic heterocycles. The lowest BCUT2D eigenvalue weighted by Crippen LogP contribution is -2.50. The molecule has 1 aliphatic heterocycles. The number of ether oxygens (including phenoxy) is 2. The Labute approximate surface area is 156 Å². The molecule has 0 amide bonds. The van der Waals surface area contributed by atoms with Crippen LogP contribution in [0.3, 0.4) is 0 Å². The molecule has 2 rings (SSSR count). The summed E-state index contributed by atoms with van der Waals surface area (Å²) in [6, 6.07) is 5.35. The number of aliphatic imine (C=N–C) groups is 1. The van der Waals surface area contributed by atoms with Gasteiger partial charge in [0, 0.05) is 59.6 Å². The van der Waals surface area contributed by atoms with Crippen LogP contribution in [0.15, 0.2) is 28.1 Å². The van der Waals surface area contributed by atoms with E-state index in [1.807, 2.05) is 12.1 Å². The molecule has 1 aliphatic rings. The zero-order chi connectivity index (χ0) is 19.2. The average Bonchev–Trinajstić information content (AvgIpc) is 2.61. The third-order valence-electron chi connectivity index (χ3n) is 4.74. The minimum atomic E-state index is -3.20. The molecule has 8 heteroatoms. The van der Waals surface area contributed by atoms with Crippen LogP contribution < -0.4 is 10.6 Å². The Kier molecular flexibility index (Phi) is 7.02. The van der Waals surface area contributed by atoms with Crippen molar-refractivity contribution in [2.75, 3.05) is 40.2 Å². The molecule has 0 bridgehead atoms. The first-order valence-electron chi connectivity index (χ1n) is 8.67. The number of aryl methyl sites for hydroxylation is 1. The van der Waals surface area contributed by atoms with E-state index in [1.165, 1.54) is 6.26 Å². The van der Waals surface area contributed by atoms with Crippen molar-refractivity contribution < 1.29 is 17.9 Å². The molecular weight excluding hydrogens is 354 g/mol. The van der Waals surface area contributed by atoms with Crippen molar-refractivity contribution in [1.29, 1.82) is 0 Å². The quantitative estimate of drug-likeness (QED) is 0.568. The van der Waals surface area contributed by atoms with Gasteiger partial charge in [-0.3, -0.25) is 4.99 Å². The van der Waals surface area contributed by atoms with Crippen molar-refractivity contribution >= 4 is 15.8 Å². The normalized spacial score (nSPS) is 17.8. The summed E-state index contributed by atoms with van der Waals surface area (Å²) in [5, 5.41) is 6.57. The van der Waals surface area contributed by atoms with Crippen LogP contribution >= 0.6 is 0 Å². The fourth-order valence-corrected chi connectivity index (χ4v) is 4.04. The molecule has 1 aromatic rings. The molecule has 146 valence electrons. The lowest BCUT2D eigenvalue weighted by molar-refractivity contribution is -0.0855. The number of guanidine groups is 1. The van der Waals surface area contributed by atoms with E-state index in [1.54, 1.807) is 27.1 Å². The molecule has 0 saturated carbocycles. The van der Waals surface area contributed by atoms with Gasteiger partial charge >= 0.3 is 0 Å². The van der Waals surface area contributed by atoms with Crippen molar-refractivity contribution in [2.24, 2.45) is 4.99 Å². The predicted octanol–water partition coefficient (Wildman–Crippen LogP) is 1.26. The van der Waals surface area contributed by atoms with Gasteiger partial charge in [-0.1, -0.05) is 12.1 Å². The highest BCUT2D eigenvalue weighted by molar-refractivity contribution is 7.90. The van der Waals surface area contributed by atoms with Crippen molar-refractivity contribution in [2.45, 2.75) is 36.8 Å². The maximum atomic E-state index is 11.7. The second-order valence-electron chi connectivity index (χ2n) is 6.65. The van der Waals surface area contributed by atoms with Crippen molar-refractivity contribution in [3.63, 3.8) is 0 Å². The summed E-state index contributed by atoms with van der Waals surface area (Å²) in [7, 11) is 0.253. The minimum Gasteiger partial charge on any atom is -0.381 e. The first-order valence-corrected chi connectivity index (χ1v) is 10.6. The fraction of sp³-hybridized carbons (Fsp3) is 0.611. The highest BCUT2D eigenvalue weighted by Gasteiger charge is 2.32. The maximum absolute atomic E-state index is 11.7. The van der Waals surface area contributed by atoms with Gasteiger partial charge in [0.15, 0.2) is 15.8 Å². The Balaban J connectivity index is 1.94. The summed E-state index contributed by atoms with van der Waals surface area (Å²) in [4.78, 5) is 4.61. The van der Waals surface area contributed by atoms with Crippen LogP contribution in [-0.2, 0) is 25.9 Å². The molecule has 1 saturated heterocycles. The predicted molar refractivity (Wildman–Crippen MR) is 102 cm³/mol. The zero-order valence-corrected chi connectivity index (χ0v) is 16.8. The molecule has 0 unspecified atom stereocenters. The van der Waals surface area contributed by atoms with Gasteiger partial charge in [-0.15, -0.1) is 0 Å². The third-order valence-corrected chi connectivity index (χ3v) is 5.99. The van der Waals surface area contributed by atoms with Gasteiger partial charge in [0.1, 0.15) is 0 Å². The van der Waals surface area contributed by atoms with Gasteiger partial charge in [-0.05, 0) is 24.1 Å². The summed E-state index contributed by atoms with van der Waals surface area (Å²) in [5.41, 5.74) is 1.50. The van der Waals surface area contributed by atoms with E-state index in [0.29, 0.717) is 37.2 Å². The minimum absolute atomic E-state index is 0.233. The lowest BCUT2D eigenvalue weighted by Gasteiger charge is -2.36. The number of hydrogen-bond donors (Lipinski definition) is 2. The highest BCUT2D eigenvalue weighted by Crippen LogP contribution is 2.23. The molecule has 1 aromatic carbocycles. The van der Waals surface area contributed by atoms with Crippen LogP contribution in [0.25, 0.3) is 0 Å². The van der Waals surface area contributed by atoms with Crippen molar-refractivity contribution in [3.05, 3.63) is 29.3 Å². The molecule has 1 heterocycles. The Bertz CT molecular complexity index is 741. The Morgan fingerprint density at radius 3 is 2.54 bits per heavy atom. The zero-order valence-electron chi connectivity index (χ0n) is 16.0.